The Bertz CT molecular complexity index is 1790. The molecular formula is C46H61ClN3O3+. The molecule has 3 aliphatic rings. The first-order chi connectivity index (χ1) is 25.5. The van der Waals surface area contributed by atoms with E-state index in [1.54, 1.807) is 0 Å². The van der Waals surface area contributed by atoms with Crippen LogP contribution in [0.25, 0.3) is 0 Å². The maximum atomic E-state index is 12.1. The Balaban J connectivity index is 1.35. The third kappa shape index (κ3) is 9.62. The van der Waals surface area contributed by atoms with Crippen LogP contribution in [0.1, 0.15) is 129 Å². The molecule has 0 spiro atoms. The van der Waals surface area contributed by atoms with Gasteiger partial charge in [-0.2, -0.15) is 4.58 Å². The highest BCUT2D eigenvalue weighted by molar-refractivity contribution is 6.32. The number of rotatable bonds is 18. The van der Waals surface area contributed by atoms with Gasteiger partial charge >= 0.3 is 5.97 Å². The molecule has 0 atom stereocenters. The summed E-state index contributed by atoms with van der Waals surface area (Å²) < 4.78 is 7.82. The molecule has 2 N–H and O–H groups in total. The summed E-state index contributed by atoms with van der Waals surface area (Å²) in [6.45, 7) is 13.7. The average molecular weight is 739 g/mol. The molecule has 0 fully saturated rings. The largest absolute Gasteiger partial charge is 0.466 e. The zero-order valence-electron chi connectivity index (χ0n) is 32.8. The molecular weight excluding hydrogens is 678 g/mol. The van der Waals surface area contributed by atoms with Crippen LogP contribution in [0.5, 0.6) is 0 Å². The number of allylic oxidation sites excluding steroid dienone is 8. The molecule has 2 aromatic rings. The molecule has 0 saturated carbocycles. The third-order valence-electron chi connectivity index (χ3n) is 11.3. The van der Waals surface area contributed by atoms with Crippen molar-refractivity contribution >= 4 is 40.6 Å². The molecule has 2 aliphatic heterocycles. The number of carbonyl (C=O) groups excluding carboxylic acids is 2. The second kappa shape index (κ2) is 18.4. The molecule has 0 bridgehead atoms. The van der Waals surface area contributed by atoms with Crippen molar-refractivity contribution in [2.45, 2.75) is 129 Å². The Kier molecular flexibility index (Phi) is 14.0. The zero-order valence-corrected chi connectivity index (χ0v) is 33.6. The Morgan fingerprint density at radius 2 is 1.57 bits per heavy atom. The van der Waals surface area contributed by atoms with Crippen LogP contribution in [0.3, 0.4) is 0 Å². The molecule has 6 nitrogen and oxygen atoms in total. The van der Waals surface area contributed by atoms with Crippen LogP contribution >= 0.6 is 11.6 Å². The van der Waals surface area contributed by atoms with Crippen LogP contribution in [-0.4, -0.2) is 41.9 Å². The van der Waals surface area contributed by atoms with E-state index < -0.39 is 0 Å². The van der Waals surface area contributed by atoms with Gasteiger partial charge in [0.05, 0.1) is 12.0 Å². The minimum absolute atomic E-state index is 0.0772. The van der Waals surface area contributed by atoms with Gasteiger partial charge in [-0.15, -0.1) is 0 Å². The number of carbonyl (C=O) groups is 2. The maximum absolute atomic E-state index is 12.1. The first kappa shape index (κ1) is 40.3. The van der Waals surface area contributed by atoms with E-state index in [9.17, 15) is 9.59 Å². The molecule has 5 rings (SSSR count). The Morgan fingerprint density at radius 3 is 2.34 bits per heavy atom. The first-order valence-corrected chi connectivity index (χ1v) is 20.4. The number of unbranched alkanes of at least 4 members (excludes halogenated alkanes) is 5. The number of anilines is 1. The van der Waals surface area contributed by atoms with E-state index in [-0.39, 0.29) is 22.7 Å². The summed E-state index contributed by atoms with van der Waals surface area (Å²) in [4.78, 5) is 25.9. The number of hydrogen-bond donors (Lipinski definition) is 1. The minimum atomic E-state index is -0.227. The number of nitrogens with two attached hydrogens (primary N) is 1. The highest BCUT2D eigenvalue weighted by Crippen LogP contribution is 2.48. The summed E-state index contributed by atoms with van der Waals surface area (Å²) in [6.07, 6.45) is 20.6. The third-order valence-corrected chi connectivity index (χ3v) is 11.8. The number of amides is 1. The highest BCUT2D eigenvalue weighted by atomic mass is 35.5. The molecule has 0 radical (unpaired) electrons. The van der Waals surface area contributed by atoms with Gasteiger partial charge in [0.2, 0.25) is 11.6 Å². The lowest BCUT2D eigenvalue weighted by Crippen LogP contribution is -2.28. The highest BCUT2D eigenvalue weighted by Gasteiger charge is 2.44. The summed E-state index contributed by atoms with van der Waals surface area (Å²) in [6, 6.07) is 17.5. The van der Waals surface area contributed by atoms with Crippen molar-refractivity contribution in [2.24, 2.45) is 5.73 Å². The molecule has 1 amide bonds. The van der Waals surface area contributed by atoms with Crippen LogP contribution < -0.4 is 10.6 Å². The lowest BCUT2D eigenvalue weighted by Gasteiger charge is -2.27. The van der Waals surface area contributed by atoms with Crippen molar-refractivity contribution < 1.29 is 18.9 Å². The van der Waals surface area contributed by atoms with Gasteiger partial charge in [0.25, 0.3) is 0 Å². The van der Waals surface area contributed by atoms with Gasteiger partial charge in [-0.1, -0.05) is 93.8 Å². The first-order valence-electron chi connectivity index (χ1n) is 20.0. The smallest absolute Gasteiger partial charge is 0.305 e. The average Bonchev–Trinajstić information content (AvgIpc) is 3.48. The van der Waals surface area contributed by atoms with Gasteiger partial charge in [-0.25, -0.2) is 0 Å². The Morgan fingerprint density at radius 1 is 0.849 bits per heavy atom. The number of ether oxygens (including phenoxy) is 1. The fourth-order valence-electron chi connectivity index (χ4n) is 8.20. The van der Waals surface area contributed by atoms with Gasteiger partial charge in [0.1, 0.15) is 6.54 Å². The van der Waals surface area contributed by atoms with E-state index >= 15 is 0 Å². The lowest BCUT2D eigenvalue weighted by molar-refractivity contribution is -0.438. The molecule has 53 heavy (non-hydrogen) atoms. The van der Waals surface area contributed by atoms with E-state index in [1.165, 1.54) is 45.1 Å². The van der Waals surface area contributed by atoms with E-state index in [2.05, 4.69) is 117 Å². The van der Waals surface area contributed by atoms with E-state index in [0.29, 0.717) is 19.4 Å². The summed E-state index contributed by atoms with van der Waals surface area (Å²) >= 11 is 7.26. The van der Waals surface area contributed by atoms with Crippen LogP contribution in [-0.2, 0) is 25.2 Å². The number of para-hydroxylation sites is 2. The van der Waals surface area contributed by atoms with Crippen LogP contribution in [0, 0.1) is 0 Å². The molecule has 1 aliphatic carbocycles. The summed E-state index contributed by atoms with van der Waals surface area (Å²) in [5.74, 6) is -0.305. The number of fused-ring (bicyclic) bond motifs is 2. The van der Waals surface area contributed by atoms with Crippen molar-refractivity contribution in [3.8, 4) is 0 Å². The number of primary amides is 1. The molecule has 0 saturated heterocycles. The fourth-order valence-corrected chi connectivity index (χ4v) is 8.51. The quantitative estimate of drug-likeness (QED) is 0.0938. The number of benzene rings is 2. The maximum Gasteiger partial charge on any atom is 0.305 e. The summed E-state index contributed by atoms with van der Waals surface area (Å²) in [7, 11) is 0. The number of esters is 1. The van der Waals surface area contributed by atoms with Gasteiger partial charge in [-0.3, -0.25) is 9.59 Å². The number of halogens is 1. The monoisotopic (exact) mass is 738 g/mol. The Labute approximate surface area is 323 Å². The van der Waals surface area contributed by atoms with Crippen molar-refractivity contribution in [3.05, 3.63) is 106 Å². The van der Waals surface area contributed by atoms with E-state index in [4.69, 9.17) is 22.1 Å². The summed E-state index contributed by atoms with van der Waals surface area (Å²) in [5, 5.41) is 0.863. The van der Waals surface area contributed by atoms with Crippen molar-refractivity contribution in [2.75, 3.05) is 24.6 Å². The second-order valence-corrected chi connectivity index (χ2v) is 16.3. The van der Waals surface area contributed by atoms with Crippen LogP contribution in [0.2, 0.25) is 0 Å². The van der Waals surface area contributed by atoms with Crippen molar-refractivity contribution in [1.82, 2.24) is 0 Å². The Hall–Kier alpha value is -3.90. The fraction of sp³-hybridized carbons (Fsp3) is 0.500. The number of nitrogens with zero attached hydrogens (tertiary/aromatic N) is 2. The predicted octanol–water partition coefficient (Wildman–Crippen LogP) is 10.9. The normalized spacial score (nSPS) is 19.1. The minimum Gasteiger partial charge on any atom is -0.466 e. The van der Waals surface area contributed by atoms with Crippen molar-refractivity contribution in [1.29, 1.82) is 0 Å². The second-order valence-electron chi connectivity index (χ2n) is 15.9. The molecule has 0 unspecified atom stereocenters. The zero-order chi connectivity index (χ0) is 38.0. The van der Waals surface area contributed by atoms with Crippen LogP contribution in [0.15, 0.2) is 94.7 Å². The topological polar surface area (TPSA) is 75.6 Å². The number of hydrogen-bond acceptors (Lipinski definition) is 4. The molecule has 7 heteroatoms. The standard InChI is InChI=1S/C46H60ClN3O3/c1-6-7-33-53-43(52)26-11-9-17-32-50-39-24-15-13-22-37(39)46(4,5)41(50)30-28-35-20-18-19-34(44(35)47)27-29-40-45(2,3)36-21-12-14-23-38(36)49(40)31-16-8-10-25-42(48)51/h12-15,21-24,27-30H,6-11,16-20,25-26,31-33H2,1-5H3,(H-,48,51)/p+1. The SMILES string of the molecule is CCCCOC(=O)CCCCCN1/C(=C/C=C2\CCCC(/C=C/C3=[N+](CCCCCC(N)=O)c4ccccc4C3(C)C)=C2Cl)C(C)(C)c2ccccc21. The van der Waals surface area contributed by atoms with Gasteiger partial charge < -0.3 is 15.4 Å². The van der Waals surface area contributed by atoms with Gasteiger partial charge in [0.15, 0.2) is 5.71 Å². The van der Waals surface area contributed by atoms with Gasteiger partial charge in [0, 0.05) is 65.3 Å². The molecule has 0 aromatic heterocycles. The molecule has 2 aromatic carbocycles. The lowest BCUT2D eigenvalue weighted by atomic mass is 9.81. The summed E-state index contributed by atoms with van der Waals surface area (Å²) in [5.41, 5.74) is 15.2. The van der Waals surface area contributed by atoms with Crippen molar-refractivity contribution in [3.63, 3.8) is 0 Å². The van der Waals surface area contributed by atoms with E-state index in [1.807, 2.05) is 0 Å². The van der Waals surface area contributed by atoms with Crippen LogP contribution in [0.4, 0.5) is 11.4 Å². The predicted molar refractivity (Wildman–Crippen MR) is 220 cm³/mol. The van der Waals surface area contributed by atoms with Gasteiger partial charge in [-0.05, 0) is 94.1 Å². The molecule has 2 heterocycles. The van der Waals surface area contributed by atoms with E-state index in [0.717, 1.165) is 88.8 Å². The molecule has 284 valence electrons.